The zero-order valence-corrected chi connectivity index (χ0v) is 29.4. The highest BCUT2D eigenvalue weighted by molar-refractivity contribution is 5.86. The molecule has 2 aromatic carbocycles. The second kappa shape index (κ2) is 15.9. The van der Waals surface area contributed by atoms with Gasteiger partial charge in [-0.05, 0) is 56.2 Å². The molecule has 4 heterocycles. The fraction of sp³-hybridized carbons (Fsp3) is 0.432. The summed E-state index contributed by atoms with van der Waals surface area (Å²) in [4.78, 5) is 57.7. The number of likely N-dealkylation sites (tertiary alicyclic amines) is 2. The smallest absolute Gasteiger partial charge is 0.407 e. The van der Waals surface area contributed by atoms with Gasteiger partial charge in [-0.15, -0.1) is 0 Å². The monoisotopic (exact) mass is 698 g/mol. The molecule has 5 N–H and O–H groups in total. The van der Waals surface area contributed by atoms with Gasteiger partial charge >= 0.3 is 6.09 Å². The number of carbonyl (C=O) groups is 3. The van der Waals surface area contributed by atoms with Gasteiger partial charge in [-0.2, -0.15) is 0 Å². The molecule has 2 aliphatic heterocycles. The van der Waals surface area contributed by atoms with Gasteiger partial charge in [-0.3, -0.25) is 14.9 Å². The lowest BCUT2D eigenvalue weighted by Crippen LogP contribution is -2.46. The first kappa shape index (κ1) is 35.8. The molecule has 3 amide bonds. The van der Waals surface area contributed by atoms with Crippen LogP contribution in [0.3, 0.4) is 0 Å². The van der Waals surface area contributed by atoms with Crippen LogP contribution in [0.1, 0.15) is 69.0 Å². The first-order chi connectivity index (χ1) is 24.7. The van der Waals surface area contributed by atoms with E-state index in [0.717, 1.165) is 53.6 Å². The van der Waals surface area contributed by atoms with Gasteiger partial charge in [0.2, 0.25) is 11.8 Å². The van der Waals surface area contributed by atoms with Crippen molar-refractivity contribution in [1.82, 2.24) is 40.4 Å². The normalized spacial score (nSPS) is 18.5. The molecule has 0 saturated carbocycles. The lowest BCUT2D eigenvalue weighted by Gasteiger charge is -2.26. The quantitative estimate of drug-likeness (QED) is 0.135. The van der Waals surface area contributed by atoms with E-state index in [1.165, 1.54) is 7.11 Å². The average Bonchev–Trinajstić information content (AvgIpc) is 3.99. The number of carbonyl (C=O) groups excluding carboxylic acids is 3. The molecule has 2 aromatic heterocycles. The van der Waals surface area contributed by atoms with Gasteiger partial charge in [0, 0.05) is 25.8 Å². The maximum absolute atomic E-state index is 13.2. The van der Waals surface area contributed by atoms with Gasteiger partial charge in [0.05, 0.1) is 61.9 Å². The standard InChI is InChI=1S/C37H46N8O6/c1-22(39-21-50-3)35(47)45-18-6-8-31(45)34-42-29(20-46)32(43-34)27-15-11-25(12-16-27)24-9-13-26(14-10-24)28-19-38-33(41-28)30-7-5-17-44(30)36(48)23(2)40-37(49)51-4/h9-16,19,22-23,30-31,39,46H,5-8,17-18,20-21H2,1-4H3,(H,38,41)(H,40,49)(H,42,43)/t22?,23-,30-,31-/m0/s1. The third-order valence-electron chi connectivity index (χ3n) is 9.74. The molecular formula is C37H46N8O6. The van der Waals surface area contributed by atoms with Crippen molar-refractivity contribution >= 4 is 17.9 Å². The Morgan fingerprint density at radius 1 is 0.843 bits per heavy atom. The van der Waals surface area contributed by atoms with Crippen LogP contribution in [0.5, 0.6) is 0 Å². The third-order valence-corrected chi connectivity index (χ3v) is 9.74. The van der Waals surface area contributed by atoms with Crippen molar-refractivity contribution in [2.24, 2.45) is 0 Å². The van der Waals surface area contributed by atoms with Crippen molar-refractivity contribution in [3.05, 3.63) is 72.1 Å². The Kier molecular flexibility index (Phi) is 11.1. The van der Waals surface area contributed by atoms with Crippen molar-refractivity contribution in [3.8, 4) is 33.6 Å². The Bertz CT molecular complexity index is 1820. The number of rotatable bonds is 12. The highest BCUT2D eigenvalue weighted by atomic mass is 16.5. The minimum absolute atomic E-state index is 0.00477. The number of hydrogen-bond donors (Lipinski definition) is 5. The van der Waals surface area contributed by atoms with E-state index in [2.05, 4.69) is 42.5 Å². The van der Waals surface area contributed by atoms with Crippen molar-refractivity contribution in [3.63, 3.8) is 0 Å². The predicted molar refractivity (Wildman–Crippen MR) is 190 cm³/mol. The first-order valence-electron chi connectivity index (χ1n) is 17.4. The van der Waals surface area contributed by atoms with Crippen molar-refractivity contribution in [1.29, 1.82) is 0 Å². The number of nitrogens with zero attached hydrogens (tertiary/aromatic N) is 4. The summed E-state index contributed by atoms with van der Waals surface area (Å²) in [5.74, 6) is 1.21. The summed E-state index contributed by atoms with van der Waals surface area (Å²) >= 11 is 0. The Morgan fingerprint density at radius 3 is 2.00 bits per heavy atom. The van der Waals surface area contributed by atoms with Gasteiger partial charge in [0.15, 0.2) is 0 Å². The molecule has 0 bridgehead atoms. The summed E-state index contributed by atoms with van der Waals surface area (Å²) in [5.41, 5.74) is 6.02. The van der Waals surface area contributed by atoms with Crippen LogP contribution in [0.15, 0.2) is 54.7 Å². The minimum Gasteiger partial charge on any atom is -0.453 e. The maximum Gasteiger partial charge on any atom is 0.407 e. The van der Waals surface area contributed by atoms with Crippen LogP contribution < -0.4 is 10.6 Å². The fourth-order valence-electron chi connectivity index (χ4n) is 6.98. The molecule has 0 radical (unpaired) electrons. The van der Waals surface area contributed by atoms with Crippen LogP contribution in [0.25, 0.3) is 33.6 Å². The summed E-state index contributed by atoms with van der Waals surface area (Å²) in [5, 5.41) is 15.8. The number of aromatic nitrogens is 4. The summed E-state index contributed by atoms with van der Waals surface area (Å²) in [6.45, 7) is 4.82. The number of aromatic amines is 2. The zero-order valence-electron chi connectivity index (χ0n) is 29.4. The van der Waals surface area contributed by atoms with E-state index < -0.39 is 12.1 Å². The van der Waals surface area contributed by atoms with Crippen LogP contribution in [-0.2, 0) is 25.7 Å². The van der Waals surface area contributed by atoms with Gasteiger partial charge < -0.3 is 39.7 Å². The van der Waals surface area contributed by atoms with E-state index in [4.69, 9.17) is 9.72 Å². The zero-order chi connectivity index (χ0) is 36.1. The second-order valence-corrected chi connectivity index (χ2v) is 13.0. The Hall–Kier alpha value is -5.05. The lowest BCUT2D eigenvalue weighted by molar-refractivity contribution is -0.135. The van der Waals surface area contributed by atoms with Crippen LogP contribution in [0.4, 0.5) is 4.79 Å². The van der Waals surface area contributed by atoms with E-state index in [0.29, 0.717) is 42.9 Å². The number of benzene rings is 2. The Labute approximate surface area is 297 Å². The molecule has 1 unspecified atom stereocenters. The number of aliphatic hydroxyl groups excluding tert-OH is 1. The number of alkyl carbamates (subject to hydrolysis) is 1. The van der Waals surface area contributed by atoms with Crippen LogP contribution >= 0.6 is 0 Å². The van der Waals surface area contributed by atoms with Gasteiger partial charge in [-0.1, -0.05) is 48.5 Å². The first-order valence-corrected chi connectivity index (χ1v) is 17.4. The molecule has 4 atom stereocenters. The molecule has 6 rings (SSSR count). The molecule has 2 aliphatic rings. The molecule has 270 valence electrons. The van der Waals surface area contributed by atoms with E-state index in [1.807, 2.05) is 48.2 Å². The fourth-order valence-corrected chi connectivity index (χ4v) is 6.98. The number of H-pyrrole nitrogens is 2. The van der Waals surface area contributed by atoms with Crippen molar-refractivity contribution < 1.29 is 29.0 Å². The molecule has 51 heavy (non-hydrogen) atoms. The van der Waals surface area contributed by atoms with E-state index in [1.54, 1.807) is 25.1 Å². The minimum atomic E-state index is -0.708. The highest BCUT2D eigenvalue weighted by Crippen LogP contribution is 2.35. The molecule has 2 fully saturated rings. The van der Waals surface area contributed by atoms with E-state index in [-0.39, 0.29) is 36.5 Å². The van der Waals surface area contributed by atoms with Crippen molar-refractivity contribution in [2.45, 2.75) is 70.3 Å². The molecule has 0 aliphatic carbocycles. The summed E-state index contributed by atoms with van der Waals surface area (Å²) in [6.07, 6.45) is 4.45. The SMILES string of the molecule is COCNC(C)C(=O)N1CCC[C@H]1c1nc(-c2ccc(-c3ccc(-c4cnc([C@@H]5CCCN5C(=O)[C@H](C)NC(=O)OC)[nH]4)cc3)cc2)c(CO)[nH]1. The Morgan fingerprint density at radius 2 is 1.41 bits per heavy atom. The van der Waals surface area contributed by atoms with Gasteiger partial charge in [-0.25, -0.2) is 14.8 Å². The number of aliphatic hydroxyl groups is 1. The molecule has 2 saturated heterocycles. The number of hydrogen-bond acceptors (Lipinski definition) is 9. The second-order valence-electron chi connectivity index (χ2n) is 13.0. The summed E-state index contributed by atoms with van der Waals surface area (Å²) < 4.78 is 9.71. The third kappa shape index (κ3) is 7.67. The average molecular weight is 699 g/mol. The van der Waals surface area contributed by atoms with E-state index >= 15 is 0 Å². The van der Waals surface area contributed by atoms with E-state index in [9.17, 15) is 19.5 Å². The highest BCUT2D eigenvalue weighted by Gasteiger charge is 2.36. The number of ether oxygens (including phenoxy) is 2. The number of nitrogens with one attached hydrogen (secondary N) is 4. The number of amides is 3. The summed E-state index contributed by atoms with van der Waals surface area (Å²) in [6, 6.07) is 14.7. The Balaban J connectivity index is 1.13. The molecule has 14 nitrogen and oxygen atoms in total. The van der Waals surface area contributed by atoms with Crippen molar-refractivity contribution in [2.75, 3.05) is 34.0 Å². The number of imidazole rings is 2. The predicted octanol–water partition coefficient (Wildman–Crippen LogP) is 4.28. The lowest BCUT2D eigenvalue weighted by atomic mass is 10.0. The van der Waals surface area contributed by atoms with Crippen LogP contribution in [-0.4, -0.2) is 98.9 Å². The number of methoxy groups -OCH3 is 2. The molecule has 4 aromatic rings. The van der Waals surface area contributed by atoms with Gasteiger partial charge in [0.1, 0.15) is 17.7 Å². The molecule has 14 heteroatoms. The molecular weight excluding hydrogens is 652 g/mol. The summed E-state index contributed by atoms with van der Waals surface area (Å²) in [7, 11) is 2.85. The maximum atomic E-state index is 13.2. The topological polar surface area (TPSA) is 178 Å². The van der Waals surface area contributed by atoms with Crippen LogP contribution in [0, 0.1) is 0 Å². The van der Waals surface area contributed by atoms with Crippen LogP contribution in [0.2, 0.25) is 0 Å². The largest absolute Gasteiger partial charge is 0.453 e. The van der Waals surface area contributed by atoms with Gasteiger partial charge in [0.25, 0.3) is 0 Å². The molecule has 0 spiro atoms.